The molecule has 0 bridgehead atoms. The van der Waals surface area contributed by atoms with Crippen LogP contribution in [0.15, 0.2) is 0 Å². The Labute approximate surface area is 99.8 Å². The molecule has 0 rings (SSSR count). The maximum atomic E-state index is 13.0. The van der Waals surface area contributed by atoms with Crippen LogP contribution in [-0.2, 0) is 24.7 Å². The second-order valence-electron chi connectivity index (χ2n) is 2.59. The molecule has 0 aromatic carbocycles. The van der Waals surface area contributed by atoms with E-state index in [0.717, 1.165) is 0 Å². The molecule has 0 saturated heterocycles. The number of halogens is 7. The van der Waals surface area contributed by atoms with Gasteiger partial charge < -0.3 is 0 Å². The molecule has 0 aromatic heterocycles. The Morgan fingerprint density at radius 1 is 0.842 bits per heavy atom. The fourth-order valence-electron chi connectivity index (χ4n) is 0.562. The molecule has 0 aliphatic heterocycles. The molecule has 0 aliphatic carbocycles. The van der Waals surface area contributed by atoms with Crippen molar-refractivity contribution in [1.29, 1.82) is 0 Å². The Kier molecular flexibility index (Phi) is 5.42. The molecule has 1 atom stereocenters. The first-order valence-corrected chi connectivity index (χ1v) is 6.05. The Bertz CT molecular complexity index is 519. The highest BCUT2D eigenvalue weighted by atomic mass is 32.3. The highest BCUT2D eigenvalue weighted by Gasteiger charge is 2.80. The van der Waals surface area contributed by atoms with Crippen LogP contribution in [0.4, 0.5) is 31.0 Å². The molecule has 0 fully saturated rings. The monoisotopic (exact) mass is 348 g/mol. The highest BCUT2D eigenvalue weighted by molar-refractivity contribution is 7.88. The third-order valence-electron chi connectivity index (χ3n) is 1.28. The zero-order chi connectivity index (χ0) is 15.2. The van der Waals surface area contributed by atoms with Crippen LogP contribution in [0.5, 0.6) is 0 Å². The lowest BCUT2D eigenvalue weighted by atomic mass is 10.3. The van der Waals surface area contributed by atoms with Crippen LogP contribution in [0.2, 0.25) is 0 Å². The summed E-state index contributed by atoms with van der Waals surface area (Å²) in [5, 5.41) is -6.47. The fourth-order valence-corrected chi connectivity index (χ4v) is 1.98. The first-order valence-electron chi connectivity index (χ1n) is 3.24. The van der Waals surface area contributed by atoms with Crippen LogP contribution < -0.4 is 0 Å². The first-order chi connectivity index (χ1) is 7.46. The Morgan fingerprint density at radius 2 is 1.16 bits per heavy atom. The molecule has 0 aliphatic rings. The molecule has 1 unspecified atom stereocenters. The molecule has 118 valence electrons. The number of hydrogen-bond donors (Lipinski definition) is 2. The van der Waals surface area contributed by atoms with Crippen molar-refractivity contribution in [1.82, 2.24) is 0 Å². The third kappa shape index (κ3) is 3.88. The molecule has 0 radical (unpaired) electrons. The summed E-state index contributed by atoms with van der Waals surface area (Å²) in [5.41, 5.74) is 0. The second-order valence-corrected chi connectivity index (χ2v) is 5.09. The van der Waals surface area contributed by atoms with E-state index < -0.39 is 37.8 Å². The van der Waals surface area contributed by atoms with Gasteiger partial charge in [0.1, 0.15) is 0 Å². The predicted molar refractivity (Wildman–Crippen MR) is 41.5 cm³/mol. The molecular weight excluding hydrogens is 345 g/mol. The third-order valence-corrected chi connectivity index (χ3v) is 2.82. The van der Waals surface area contributed by atoms with Gasteiger partial charge in [-0.2, -0.15) is 47.4 Å². The summed E-state index contributed by atoms with van der Waals surface area (Å²) < 4.78 is 131. The summed E-state index contributed by atoms with van der Waals surface area (Å²) in [5.74, 6) is -6.98. The Morgan fingerprint density at radius 3 is 1.32 bits per heavy atom. The molecule has 0 aromatic rings. The standard InChI is InChI=1S/C3H2F6O7S2.FH/c4-1(5,2(6,7)8)3(9,17(10,11)12)16-18(13,14)15;/h(H,10,11,12)(H,13,14,15);1H. The summed E-state index contributed by atoms with van der Waals surface area (Å²) in [6, 6.07) is 0. The Hall–Kier alpha value is -0.710. The number of hydrogen-bond acceptors (Lipinski definition) is 5. The van der Waals surface area contributed by atoms with E-state index in [0.29, 0.717) is 0 Å². The molecular formula is C3H3F7O7S2. The van der Waals surface area contributed by atoms with Crippen molar-refractivity contribution < 1.29 is 61.2 Å². The van der Waals surface area contributed by atoms with E-state index in [2.05, 4.69) is 4.18 Å². The SMILES string of the molecule is F.O=S(=O)(O)OC(F)(C(F)(F)C(F)(F)F)S(=O)(=O)O. The average Bonchev–Trinajstić information content (AvgIpc) is 1.95. The van der Waals surface area contributed by atoms with Gasteiger partial charge >= 0.3 is 37.8 Å². The lowest BCUT2D eigenvalue weighted by molar-refractivity contribution is -0.342. The van der Waals surface area contributed by atoms with Crippen LogP contribution in [0.1, 0.15) is 0 Å². The van der Waals surface area contributed by atoms with Gasteiger partial charge in [-0.1, -0.05) is 0 Å². The van der Waals surface area contributed by atoms with E-state index in [1.165, 1.54) is 0 Å². The smallest absolute Gasteiger partial charge is 0.281 e. The lowest BCUT2D eigenvalue weighted by Crippen LogP contribution is -2.60. The van der Waals surface area contributed by atoms with Crippen LogP contribution in [-0.4, -0.2) is 43.2 Å². The normalized spacial score (nSPS) is 17.5. The summed E-state index contributed by atoms with van der Waals surface area (Å²) in [7, 11) is -13.4. The van der Waals surface area contributed by atoms with Crippen molar-refractivity contribution in [3.8, 4) is 0 Å². The van der Waals surface area contributed by atoms with Crippen molar-refractivity contribution in [3.63, 3.8) is 0 Å². The Balaban J connectivity index is 0. The minimum atomic E-state index is -7.04. The molecule has 2 N–H and O–H groups in total. The summed E-state index contributed by atoms with van der Waals surface area (Å²) in [6.07, 6.45) is -6.94. The van der Waals surface area contributed by atoms with Gasteiger partial charge in [0, 0.05) is 0 Å². The molecule has 19 heavy (non-hydrogen) atoms. The zero-order valence-corrected chi connectivity index (χ0v) is 9.56. The summed E-state index contributed by atoms with van der Waals surface area (Å²) in [6.45, 7) is 0. The van der Waals surface area contributed by atoms with E-state index in [1.54, 1.807) is 0 Å². The van der Waals surface area contributed by atoms with Crippen molar-refractivity contribution in [2.24, 2.45) is 0 Å². The molecule has 0 amide bonds. The quantitative estimate of drug-likeness (QED) is 0.566. The van der Waals surface area contributed by atoms with Gasteiger partial charge in [0.2, 0.25) is 0 Å². The molecule has 0 spiro atoms. The van der Waals surface area contributed by atoms with Crippen molar-refractivity contribution >= 4 is 20.5 Å². The van der Waals surface area contributed by atoms with Crippen LogP contribution >= 0.6 is 0 Å². The van der Waals surface area contributed by atoms with Crippen LogP contribution in [0.3, 0.4) is 0 Å². The topological polar surface area (TPSA) is 118 Å². The van der Waals surface area contributed by atoms with E-state index in [-0.39, 0.29) is 4.70 Å². The fraction of sp³-hybridized carbons (Fsp3) is 1.00. The largest absolute Gasteiger partial charge is 0.460 e. The summed E-state index contributed by atoms with van der Waals surface area (Å²) in [4.78, 5) is 0. The molecule has 0 heterocycles. The maximum Gasteiger partial charge on any atom is 0.460 e. The van der Waals surface area contributed by atoms with Crippen LogP contribution in [0, 0.1) is 0 Å². The van der Waals surface area contributed by atoms with Gasteiger partial charge in [-0.15, -0.1) is 0 Å². The van der Waals surface area contributed by atoms with E-state index in [1.807, 2.05) is 0 Å². The molecule has 16 heteroatoms. The zero-order valence-electron chi connectivity index (χ0n) is 7.93. The van der Waals surface area contributed by atoms with E-state index >= 15 is 0 Å². The number of alkyl halides is 6. The van der Waals surface area contributed by atoms with Gasteiger partial charge in [-0.05, 0) is 0 Å². The van der Waals surface area contributed by atoms with Crippen LogP contribution in [0.25, 0.3) is 0 Å². The minimum Gasteiger partial charge on any atom is -0.281 e. The van der Waals surface area contributed by atoms with E-state index in [4.69, 9.17) is 9.11 Å². The highest BCUT2D eigenvalue weighted by Crippen LogP contribution is 2.49. The van der Waals surface area contributed by atoms with Gasteiger partial charge in [-0.25, -0.2) is 0 Å². The predicted octanol–water partition coefficient (Wildman–Crippen LogP) is 0.667. The molecule has 0 saturated carbocycles. The first kappa shape index (κ1) is 20.6. The average molecular weight is 348 g/mol. The number of rotatable bonds is 4. The second kappa shape index (κ2) is 5.00. The summed E-state index contributed by atoms with van der Waals surface area (Å²) >= 11 is 0. The maximum absolute atomic E-state index is 13.0. The van der Waals surface area contributed by atoms with Crippen molar-refractivity contribution in [2.75, 3.05) is 0 Å². The minimum absolute atomic E-state index is 0. The molecule has 7 nitrogen and oxygen atoms in total. The van der Waals surface area contributed by atoms with Gasteiger partial charge in [-0.3, -0.25) is 13.8 Å². The van der Waals surface area contributed by atoms with Gasteiger partial charge in [0.05, 0.1) is 0 Å². The van der Waals surface area contributed by atoms with Gasteiger partial charge in [0.15, 0.2) is 0 Å². The van der Waals surface area contributed by atoms with Crippen molar-refractivity contribution in [2.45, 2.75) is 17.3 Å². The lowest BCUT2D eigenvalue weighted by Gasteiger charge is -2.29. The van der Waals surface area contributed by atoms with Gasteiger partial charge in [0.25, 0.3) is 0 Å². The van der Waals surface area contributed by atoms with E-state index in [9.17, 15) is 43.2 Å². The van der Waals surface area contributed by atoms with Crippen molar-refractivity contribution in [3.05, 3.63) is 0 Å².